The summed E-state index contributed by atoms with van der Waals surface area (Å²) < 4.78 is 0.867. The molecule has 0 saturated heterocycles. The lowest BCUT2D eigenvalue weighted by molar-refractivity contribution is 0.0779. The molecule has 0 unspecified atom stereocenters. The third-order valence-corrected chi connectivity index (χ3v) is 3.59. The fourth-order valence-corrected chi connectivity index (χ4v) is 2.44. The average molecular weight is 397 g/mol. The first-order valence-corrected chi connectivity index (χ1v) is 7.34. The molecule has 0 aliphatic heterocycles. The zero-order chi connectivity index (χ0) is 13.7. The predicted molar refractivity (Wildman–Crippen MR) is 87.1 cm³/mol. The predicted octanol–water partition coefficient (Wildman–Crippen LogP) is 3.08. The molecule has 0 atom stereocenters. The highest BCUT2D eigenvalue weighted by molar-refractivity contribution is 14.1. The van der Waals surface area contributed by atoms with Gasteiger partial charge in [-0.25, -0.2) is 0 Å². The summed E-state index contributed by atoms with van der Waals surface area (Å²) in [5.74, 6) is -0.0865. The zero-order valence-electron chi connectivity index (χ0n) is 9.95. The van der Waals surface area contributed by atoms with Crippen LogP contribution in [-0.4, -0.2) is 28.9 Å². The summed E-state index contributed by atoms with van der Waals surface area (Å²) >= 11 is 12.9. The lowest BCUT2D eigenvalue weighted by Crippen LogP contribution is -2.38. The second kappa shape index (κ2) is 7.25. The van der Waals surface area contributed by atoms with E-state index >= 15 is 0 Å². The van der Waals surface area contributed by atoms with Gasteiger partial charge in [-0.2, -0.15) is 0 Å². The number of benzene rings is 1. The summed E-state index contributed by atoms with van der Waals surface area (Å²) in [5.41, 5.74) is 6.11. The molecule has 98 valence electrons. The second-order valence-electron chi connectivity index (χ2n) is 3.82. The van der Waals surface area contributed by atoms with Crippen molar-refractivity contribution >= 4 is 57.3 Å². The van der Waals surface area contributed by atoms with Crippen LogP contribution in [0, 0.1) is 3.57 Å². The largest absolute Gasteiger partial charge is 0.392 e. The molecule has 18 heavy (non-hydrogen) atoms. The van der Waals surface area contributed by atoms with E-state index in [0.717, 1.165) is 9.99 Å². The Labute approximate surface area is 131 Å². The van der Waals surface area contributed by atoms with Crippen LogP contribution in [0.3, 0.4) is 0 Å². The molecule has 0 aliphatic rings. The standard InChI is InChI=1S/C12H14ClIN2OS/c1-2-5-16(7-11(15)18)12(17)9-6-8(13)3-4-10(9)14/h3-4,6H,2,5,7H2,1H3,(H2,15,18). The third kappa shape index (κ3) is 4.37. The van der Waals surface area contributed by atoms with Crippen LogP contribution >= 0.6 is 46.4 Å². The summed E-state index contributed by atoms with van der Waals surface area (Å²) in [7, 11) is 0. The Morgan fingerprint density at radius 3 is 2.78 bits per heavy atom. The van der Waals surface area contributed by atoms with E-state index in [1.165, 1.54) is 0 Å². The average Bonchev–Trinajstić information content (AvgIpc) is 2.30. The molecule has 0 bridgehead atoms. The normalized spacial score (nSPS) is 10.2. The smallest absolute Gasteiger partial charge is 0.255 e. The molecule has 1 amide bonds. The van der Waals surface area contributed by atoms with Crippen molar-refractivity contribution in [3.8, 4) is 0 Å². The first kappa shape index (κ1) is 15.7. The van der Waals surface area contributed by atoms with E-state index in [0.29, 0.717) is 28.7 Å². The number of carbonyl (C=O) groups is 1. The van der Waals surface area contributed by atoms with Crippen LogP contribution in [0.1, 0.15) is 23.7 Å². The van der Waals surface area contributed by atoms with Gasteiger partial charge in [-0.15, -0.1) is 0 Å². The number of halogens is 2. The van der Waals surface area contributed by atoms with Crippen molar-refractivity contribution in [3.63, 3.8) is 0 Å². The van der Waals surface area contributed by atoms with E-state index in [1.54, 1.807) is 17.0 Å². The molecule has 1 aromatic rings. The minimum Gasteiger partial charge on any atom is -0.392 e. The van der Waals surface area contributed by atoms with Crippen molar-refractivity contribution in [2.75, 3.05) is 13.1 Å². The molecule has 0 aliphatic carbocycles. The zero-order valence-corrected chi connectivity index (χ0v) is 13.7. The maximum atomic E-state index is 12.4. The Hall–Kier alpha value is -0.400. The summed E-state index contributed by atoms with van der Waals surface area (Å²) in [6, 6.07) is 5.26. The molecule has 0 heterocycles. The lowest BCUT2D eigenvalue weighted by atomic mass is 10.2. The fourth-order valence-electron chi connectivity index (χ4n) is 1.54. The number of nitrogens with two attached hydrogens (primary N) is 1. The molecule has 0 spiro atoms. The Kier molecular flexibility index (Phi) is 6.31. The van der Waals surface area contributed by atoms with Crippen LogP contribution in [0.4, 0.5) is 0 Å². The molecule has 1 aromatic carbocycles. The van der Waals surface area contributed by atoms with Crippen molar-refractivity contribution < 1.29 is 4.79 Å². The third-order valence-electron chi connectivity index (χ3n) is 2.29. The first-order valence-electron chi connectivity index (χ1n) is 5.48. The Morgan fingerprint density at radius 1 is 1.56 bits per heavy atom. The monoisotopic (exact) mass is 396 g/mol. The van der Waals surface area contributed by atoms with Crippen LogP contribution in [-0.2, 0) is 0 Å². The van der Waals surface area contributed by atoms with Gasteiger partial charge < -0.3 is 10.6 Å². The molecule has 0 fully saturated rings. The lowest BCUT2D eigenvalue weighted by Gasteiger charge is -2.22. The van der Waals surface area contributed by atoms with Gasteiger partial charge in [0.15, 0.2) is 0 Å². The van der Waals surface area contributed by atoms with Gasteiger partial charge in [0, 0.05) is 15.1 Å². The fraction of sp³-hybridized carbons (Fsp3) is 0.333. The first-order chi connectivity index (χ1) is 8.45. The van der Waals surface area contributed by atoms with Gasteiger partial charge in [0.05, 0.1) is 17.1 Å². The number of hydrogen-bond donors (Lipinski definition) is 1. The van der Waals surface area contributed by atoms with Gasteiger partial charge in [-0.1, -0.05) is 30.7 Å². The van der Waals surface area contributed by atoms with Gasteiger partial charge in [0.25, 0.3) is 5.91 Å². The number of rotatable bonds is 5. The molecule has 1 rings (SSSR count). The van der Waals surface area contributed by atoms with Crippen molar-refractivity contribution in [2.45, 2.75) is 13.3 Å². The highest BCUT2D eigenvalue weighted by Gasteiger charge is 2.18. The number of nitrogens with zero attached hydrogens (tertiary/aromatic N) is 1. The SMILES string of the molecule is CCCN(CC(N)=S)C(=O)c1cc(Cl)ccc1I. The van der Waals surface area contributed by atoms with Crippen molar-refractivity contribution in [1.82, 2.24) is 4.90 Å². The van der Waals surface area contributed by atoms with E-state index in [9.17, 15) is 4.79 Å². The molecule has 2 N–H and O–H groups in total. The molecule has 0 saturated carbocycles. The summed E-state index contributed by atoms with van der Waals surface area (Å²) in [6.45, 7) is 2.92. The second-order valence-corrected chi connectivity index (χ2v) is 5.94. The topological polar surface area (TPSA) is 46.3 Å². The van der Waals surface area contributed by atoms with E-state index in [2.05, 4.69) is 22.6 Å². The number of carbonyl (C=O) groups excluding carboxylic acids is 1. The minimum absolute atomic E-state index is 0.0865. The highest BCUT2D eigenvalue weighted by atomic mass is 127. The van der Waals surface area contributed by atoms with E-state index in [4.69, 9.17) is 29.6 Å². The maximum Gasteiger partial charge on any atom is 0.255 e. The molecular formula is C12H14ClIN2OS. The van der Waals surface area contributed by atoms with Crippen molar-refractivity contribution in [1.29, 1.82) is 0 Å². The van der Waals surface area contributed by atoms with Crippen LogP contribution in [0.5, 0.6) is 0 Å². The summed E-state index contributed by atoms with van der Waals surface area (Å²) in [5, 5.41) is 0.547. The van der Waals surface area contributed by atoms with E-state index in [-0.39, 0.29) is 5.91 Å². The Morgan fingerprint density at radius 2 is 2.22 bits per heavy atom. The van der Waals surface area contributed by atoms with Crippen LogP contribution in [0.15, 0.2) is 18.2 Å². The quantitative estimate of drug-likeness (QED) is 0.614. The number of thiocarbonyl (C=S) groups is 1. The Bertz CT molecular complexity index is 467. The van der Waals surface area contributed by atoms with Gasteiger partial charge in [0.1, 0.15) is 0 Å². The van der Waals surface area contributed by atoms with Crippen molar-refractivity contribution in [3.05, 3.63) is 32.4 Å². The molecular weight excluding hydrogens is 383 g/mol. The molecule has 3 nitrogen and oxygen atoms in total. The van der Waals surface area contributed by atoms with E-state index < -0.39 is 0 Å². The summed E-state index contributed by atoms with van der Waals surface area (Å²) in [6.07, 6.45) is 0.853. The number of amides is 1. The highest BCUT2D eigenvalue weighted by Crippen LogP contribution is 2.19. The van der Waals surface area contributed by atoms with Crippen molar-refractivity contribution in [2.24, 2.45) is 5.73 Å². The van der Waals surface area contributed by atoms with Gasteiger partial charge in [-0.3, -0.25) is 4.79 Å². The van der Waals surface area contributed by atoms with E-state index in [1.807, 2.05) is 13.0 Å². The molecule has 0 radical (unpaired) electrons. The van der Waals surface area contributed by atoms with Gasteiger partial charge in [-0.05, 0) is 47.2 Å². The van der Waals surface area contributed by atoms with Gasteiger partial charge >= 0.3 is 0 Å². The molecule has 0 aromatic heterocycles. The maximum absolute atomic E-state index is 12.4. The summed E-state index contributed by atoms with van der Waals surface area (Å²) in [4.78, 5) is 14.4. The van der Waals surface area contributed by atoms with Gasteiger partial charge in [0.2, 0.25) is 0 Å². The molecule has 6 heteroatoms. The van der Waals surface area contributed by atoms with Crippen LogP contribution < -0.4 is 5.73 Å². The number of hydrogen-bond acceptors (Lipinski definition) is 2. The van der Waals surface area contributed by atoms with Crippen LogP contribution in [0.2, 0.25) is 5.02 Å². The van der Waals surface area contributed by atoms with Crippen LogP contribution in [0.25, 0.3) is 0 Å². The Balaban J connectivity index is 3.01. The minimum atomic E-state index is -0.0865.